The molecule has 0 radical (unpaired) electrons. The molecule has 0 aromatic heterocycles. The minimum absolute atomic E-state index is 0.167. The van der Waals surface area contributed by atoms with Crippen LogP contribution < -0.4 is 5.32 Å². The summed E-state index contributed by atoms with van der Waals surface area (Å²) in [7, 11) is 0. The first-order valence-corrected chi connectivity index (χ1v) is 9.47. The Kier molecular flexibility index (Phi) is 5.81. The first-order chi connectivity index (χ1) is 13.0. The number of benzene rings is 2. The number of carbonyl (C=O) groups is 3. The molecule has 1 saturated heterocycles. The predicted molar refractivity (Wildman–Crippen MR) is 105 cm³/mol. The molecule has 0 spiro atoms. The van der Waals surface area contributed by atoms with Crippen molar-refractivity contribution < 1.29 is 19.1 Å². The molecule has 6 nitrogen and oxygen atoms in total. The van der Waals surface area contributed by atoms with E-state index in [0.29, 0.717) is 12.2 Å². The maximum absolute atomic E-state index is 12.6. The molecule has 1 unspecified atom stereocenters. The van der Waals surface area contributed by atoms with E-state index >= 15 is 0 Å². The standard InChI is InChI=1S/C20H20N2O4S/c1-3-26-19(24)15-8-6-14(7-9-15)12-22-18(23)17(27-20(22)25)21-16-10-4-13(2)5-11-16/h4-11,17,21H,3,12H2,1-2H3. The average Bonchev–Trinajstić information content (AvgIpc) is 2.92. The van der Waals surface area contributed by atoms with Gasteiger partial charge in [-0.25, -0.2) is 4.79 Å². The summed E-state index contributed by atoms with van der Waals surface area (Å²) in [6, 6.07) is 14.3. The number of anilines is 1. The van der Waals surface area contributed by atoms with Crippen LogP contribution in [-0.4, -0.2) is 34.0 Å². The van der Waals surface area contributed by atoms with Crippen LogP contribution in [0.1, 0.15) is 28.4 Å². The fourth-order valence-corrected chi connectivity index (χ4v) is 3.53. The highest BCUT2D eigenvalue weighted by molar-refractivity contribution is 8.15. The van der Waals surface area contributed by atoms with Gasteiger partial charge in [0.1, 0.15) is 0 Å². The van der Waals surface area contributed by atoms with Gasteiger partial charge in [0.05, 0.1) is 18.7 Å². The van der Waals surface area contributed by atoms with Crippen molar-refractivity contribution in [1.82, 2.24) is 4.90 Å². The summed E-state index contributed by atoms with van der Waals surface area (Å²) in [6.07, 6.45) is 0. The Morgan fingerprint density at radius 2 is 1.78 bits per heavy atom. The number of hydrogen-bond acceptors (Lipinski definition) is 6. The molecule has 2 aromatic rings. The normalized spacial score (nSPS) is 16.5. The Morgan fingerprint density at radius 3 is 2.41 bits per heavy atom. The van der Waals surface area contributed by atoms with Crippen LogP contribution in [0.3, 0.4) is 0 Å². The van der Waals surface area contributed by atoms with E-state index in [1.54, 1.807) is 31.2 Å². The van der Waals surface area contributed by atoms with Gasteiger partial charge < -0.3 is 10.1 Å². The van der Waals surface area contributed by atoms with E-state index in [-0.39, 0.29) is 17.7 Å². The van der Waals surface area contributed by atoms with E-state index in [4.69, 9.17) is 4.74 Å². The lowest BCUT2D eigenvalue weighted by Gasteiger charge is -2.15. The lowest BCUT2D eigenvalue weighted by Crippen LogP contribution is -2.33. The number of aryl methyl sites for hydroxylation is 1. The van der Waals surface area contributed by atoms with Crippen molar-refractivity contribution in [3.63, 3.8) is 0 Å². The van der Waals surface area contributed by atoms with Crippen LogP contribution in [0.2, 0.25) is 0 Å². The molecule has 1 heterocycles. The molecule has 1 atom stereocenters. The number of nitrogens with one attached hydrogen (secondary N) is 1. The van der Waals surface area contributed by atoms with Gasteiger partial charge in [-0.2, -0.15) is 0 Å². The third kappa shape index (κ3) is 4.49. The van der Waals surface area contributed by atoms with Crippen molar-refractivity contribution in [2.24, 2.45) is 0 Å². The molecule has 0 bridgehead atoms. The SMILES string of the molecule is CCOC(=O)c1ccc(CN2C(=O)SC(Nc3ccc(C)cc3)C2=O)cc1. The molecule has 27 heavy (non-hydrogen) atoms. The van der Waals surface area contributed by atoms with Crippen molar-refractivity contribution in [3.05, 3.63) is 65.2 Å². The number of hydrogen-bond donors (Lipinski definition) is 1. The fraction of sp³-hybridized carbons (Fsp3) is 0.250. The number of amides is 2. The van der Waals surface area contributed by atoms with Crippen LogP contribution in [0.15, 0.2) is 48.5 Å². The third-order valence-corrected chi connectivity index (χ3v) is 5.06. The van der Waals surface area contributed by atoms with Gasteiger partial charge in [0.25, 0.3) is 11.1 Å². The van der Waals surface area contributed by atoms with Gasteiger partial charge in [-0.3, -0.25) is 14.5 Å². The van der Waals surface area contributed by atoms with Gasteiger partial charge in [-0.1, -0.05) is 29.8 Å². The van der Waals surface area contributed by atoms with Gasteiger partial charge in [0.2, 0.25) is 0 Å². The molecular formula is C20H20N2O4S. The van der Waals surface area contributed by atoms with Crippen LogP contribution >= 0.6 is 11.8 Å². The molecule has 1 aliphatic rings. The number of rotatable bonds is 6. The molecule has 2 aromatic carbocycles. The third-order valence-electron chi connectivity index (χ3n) is 4.08. The summed E-state index contributed by atoms with van der Waals surface area (Å²) in [4.78, 5) is 37.8. The number of esters is 1. The number of thioether (sulfide) groups is 1. The van der Waals surface area contributed by atoms with Crippen molar-refractivity contribution in [3.8, 4) is 0 Å². The van der Waals surface area contributed by atoms with Gasteiger partial charge in [-0.15, -0.1) is 0 Å². The summed E-state index contributed by atoms with van der Waals surface area (Å²) in [5, 5.41) is 2.16. The molecule has 140 valence electrons. The zero-order valence-electron chi connectivity index (χ0n) is 15.1. The van der Waals surface area contributed by atoms with Crippen molar-refractivity contribution in [2.45, 2.75) is 25.8 Å². The van der Waals surface area contributed by atoms with E-state index in [1.807, 2.05) is 31.2 Å². The van der Waals surface area contributed by atoms with Crippen molar-refractivity contribution >= 4 is 34.6 Å². The molecular weight excluding hydrogens is 364 g/mol. The van der Waals surface area contributed by atoms with Crippen LogP contribution in [0.25, 0.3) is 0 Å². The highest BCUT2D eigenvalue weighted by Gasteiger charge is 2.39. The Labute approximate surface area is 161 Å². The predicted octanol–water partition coefficient (Wildman–Crippen LogP) is 3.81. The smallest absolute Gasteiger partial charge is 0.338 e. The number of imide groups is 1. The quantitative estimate of drug-likeness (QED) is 0.764. The molecule has 0 saturated carbocycles. The summed E-state index contributed by atoms with van der Waals surface area (Å²) in [5.41, 5.74) is 3.11. The second kappa shape index (κ2) is 8.26. The molecule has 0 aliphatic carbocycles. The zero-order chi connectivity index (χ0) is 19.4. The van der Waals surface area contributed by atoms with Crippen LogP contribution in [0.4, 0.5) is 10.5 Å². The first kappa shape index (κ1) is 19.0. The minimum atomic E-state index is -0.640. The molecule has 2 amide bonds. The number of nitrogens with zero attached hydrogens (tertiary/aromatic N) is 1. The lowest BCUT2D eigenvalue weighted by molar-refractivity contribution is -0.126. The second-order valence-corrected chi connectivity index (χ2v) is 7.17. The highest BCUT2D eigenvalue weighted by Crippen LogP contribution is 2.29. The number of carbonyl (C=O) groups excluding carboxylic acids is 3. The van der Waals surface area contributed by atoms with Crippen LogP contribution in [-0.2, 0) is 16.1 Å². The molecule has 7 heteroatoms. The highest BCUT2D eigenvalue weighted by atomic mass is 32.2. The first-order valence-electron chi connectivity index (χ1n) is 8.59. The van der Waals surface area contributed by atoms with Gasteiger partial charge in [0, 0.05) is 5.69 Å². The van der Waals surface area contributed by atoms with E-state index in [9.17, 15) is 14.4 Å². The van der Waals surface area contributed by atoms with Crippen LogP contribution in [0, 0.1) is 6.92 Å². The Bertz CT molecular complexity index is 849. The molecule has 1 N–H and O–H groups in total. The second-order valence-electron chi connectivity index (χ2n) is 6.12. The lowest BCUT2D eigenvalue weighted by atomic mass is 10.1. The minimum Gasteiger partial charge on any atom is -0.462 e. The van der Waals surface area contributed by atoms with E-state index in [2.05, 4.69) is 5.32 Å². The summed E-state index contributed by atoms with van der Waals surface area (Å²) in [6.45, 7) is 4.21. The van der Waals surface area contributed by atoms with Crippen molar-refractivity contribution in [1.29, 1.82) is 0 Å². The fourth-order valence-electron chi connectivity index (χ4n) is 2.62. The van der Waals surface area contributed by atoms with E-state index in [0.717, 1.165) is 28.6 Å². The summed E-state index contributed by atoms with van der Waals surface area (Å²) >= 11 is 0.967. The van der Waals surface area contributed by atoms with E-state index < -0.39 is 11.3 Å². The Hall–Kier alpha value is -2.80. The van der Waals surface area contributed by atoms with Gasteiger partial charge in [-0.05, 0) is 55.4 Å². The Balaban J connectivity index is 1.65. The Morgan fingerprint density at radius 1 is 1.11 bits per heavy atom. The topological polar surface area (TPSA) is 75.7 Å². The maximum Gasteiger partial charge on any atom is 0.338 e. The largest absolute Gasteiger partial charge is 0.462 e. The molecule has 3 rings (SSSR count). The maximum atomic E-state index is 12.6. The molecule has 1 aliphatic heterocycles. The van der Waals surface area contributed by atoms with Gasteiger partial charge in [0.15, 0.2) is 5.37 Å². The molecule has 1 fully saturated rings. The monoisotopic (exact) mass is 384 g/mol. The zero-order valence-corrected chi connectivity index (χ0v) is 15.9. The van der Waals surface area contributed by atoms with Gasteiger partial charge >= 0.3 is 5.97 Å². The summed E-state index contributed by atoms with van der Waals surface area (Å²) in [5.74, 6) is -0.671. The van der Waals surface area contributed by atoms with Crippen LogP contribution in [0.5, 0.6) is 0 Å². The average molecular weight is 384 g/mol. The van der Waals surface area contributed by atoms with Crippen molar-refractivity contribution in [2.75, 3.05) is 11.9 Å². The summed E-state index contributed by atoms with van der Waals surface area (Å²) < 4.78 is 4.94. The van der Waals surface area contributed by atoms with E-state index in [1.165, 1.54) is 4.90 Å². The number of ether oxygens (including phenoxy) is 1.